The van der Waals surface area contributed by atoms with E-state index in [-0.39, 0.29) is 48.6 Å². The van der Waals surface area contributed by atoms with Crippen molar-refractivity contribution >= 4 is 0 Å². The quantitative estimate of drug-likeness (QED) is 0.374. The first-order chi connectivity index (χ1) is 14.9. The molecule has 0 radical (unpaired) electrons. The number of hydrogen-bond acceptors (Lipinski definition) is 7. The van der Waals surface area contributed by atoms with Gasteiger partial charge >= 0.3 is 0 Å². The number of epoxide rings is 1. The van der Waals surface area contributed by atoms with Crippen LogP contribution >= 0.6 is 0 Å². The molecule has 0 spiro atoms. The van der Waals surface area contributed by atoms with E-state index in [1.54, 1.807) is 21.3 Å². The Morgan fingerprint density at radius 1 is 1.10 bits per heavy atom. The summed E-state index contributed by atoms with van der Waals surface area (Å²) >= 11 is 0. The fourth-order valence-corrected chi connectivity index (χ4v) is 4.36. The summed E-state index contributed by atoms with van der Waals surface area (Å²) < 4.78 is 28.5. The molecule has 0 aromatic heterocycles. The van der Waals surface area contributed by atoms with E-state index in [4.69, 9.17) is 28.8 Å². The standard InChI is InChI=1S/C23H40O6.CH4O/c1-8-18(25-5)15(3)22-23(29-22)17(24)12-10-9-11-14(2)21-20(27-7)13-19(26-6)16(4)28-21;1-2/h9-11,15-24H,8,12-13H2,1-7H3;2H,1H3/b10-9+,14-11+;. The maximum atomic E-state index is 10.4. The Labute approximate surface area is 188 Å². The summed E-state index contributed by atoms with van der Waals surface area (Å²) in [5.74, 6) is 0.281. The Kier molecular flexibility index (Phi) is 13.1. The minimum Gasteiger partial charge on any atom is -0.400 e. The number of ether oxygens (including phenoxy) is 5. The Morgan fingerprint density at radius 2 is 1.74 bits per heavy atom. The SMILES string of the molecule is CCC(OC)C(C)C1OC1C(O)C/C=C/C=C(\C)C1OC(C)C(OC)CC1OC.CO. The number of methoxy groups -OCH3 is 3. The first-order valence-corrected chi connectivity index (χ1v) is 11.2. The first-order valence-electron chi connectivity index (χ1n) is 11.2. The van der Waals surface area contributed by atoms with E-state index in [0.717, 1.165) is 25.5 Å². The van der Waals surface area contributed by atoms with Crippen molar-refractivity contribution in [1.82, 2.24) is 0 Å². The van der Waals surface area contributed by atoms with Crippen LogP contribution in [0.3, 0.4) is 0 Å². The number of aliphatic hydroxyl groups excluding tert-OH is 2. The van der Waals surface area contributed by atoms with Gasteiger partial charge < -0.3 is 33.9 Å². The van der Waals surface area contributed by atoms with Crippen LogP contribution in [0.1, 0.15) is 47.0 Å². The molecule has 7 nitrogen and oxygen atoms in total. The van der Waals surface area contributed by atoms with Crippen LogP contribution in [-0.2, 0) is 23.7 Å². The average molecular weight is 445 g/mol. The molecule has 0 saturated carbocycles. The highest BCUT2D eigenvalue weighted by molar-refractivity contribution is 5.17. The van der Waals surface area contributed by atoms with E-state index in [2.05, 4.69) is 20.8 Å². The molecular weight excluding hydrogens is 400 g/mol. The second kappa shape index (κ2) is 14.4. The van der Waals surface area contributed by atoms with Crippen molar-refractivity contribution in [3.63, 3.8) is 0 Å². The zero-order chi connectivity index (χ0) is 23.6. The van der Waals surface area contributed by atoms with Crippen LogP contribution in [0.2, 0.25) is 0 Å². The third kappa shape index (κ3) is 7.93. The number of rotatable bonds is 11. The predicted molar refractivity (Wildman–Crippen MR) is 121 cm³/mol. The summed E-state index contributed by atoms with van der Waals surface area (Å²) in [5, 5.41) is 17.4. The molecule has 0 aromatic rings. The Morgan fingerprint density at radius 3 is 2.29 bits per heavy atom. The lowest BCUT2D eigenvalue weighted by Gasteiger charge is -2.39. The maximum absolute atomic E-state index is 10.4. The molecule has 0 aliphatic carbocycles. The van der Waals surface area contributed by atoms with Crippen LogP contribution in [0.15, 0.2) is 23.8 Å². The molecule has 2 rings (SSSR count). The maximum Gasteiger partial charge on any atom is 0.111 e. The number of hydrogen-bond donors (Lipinski definition) is 2. The summed E-state index contributed by atoms with van der Waals surface area (Å²) in [6.07, 6.45) is 7.92. The van der Waals surface area contributed by atoms with E-state index in [1.165, 1.54) is 0 Å². The molecule has 0 bridgehead atoms. The third-order valence-electron chi connectivity index (χ3n) is 6.36. The van der Waals surface area contributed by atoms with Gasteiger partial charge in [-0.1, -0.05) is 32.1 Å². The lowest BCUT2D eigenvalue weighted by atomic mass is 9.94. The molecule has 0 aromatic carbocycles. The fraction of sp³-hybridized carbons (Fsp3) is 0.833. The Balaban J connectivity index is 0.00000233. The van der Waals surface area contributed by atoms with Gasteiger partial charge in [0.25, 0.3) is 0 Å². The summed E-state index contributed by atoms with van der Waals surface area (Å²) in [7, 11) is 6.15. The van der Waals surface area contributed by atoms with Crippen LogP contribution in [0.25, 0.3) is 0 Å². The molecule has 2 N–H and O–H groups in total. The van der Waals surface area contributed by atoms with Gasteiger partial charge in [0.15, 0.2) is 0 Å². The average Bonchev–Trinajstić information content (AvgIpc) is 3.59. The molecule has 2 aliphatic rings. The summed E-state index contributed by atoms with van der Waals surface area (Å²) in [5.41, 5.74) is 1.10. The number of aliphatic hydroxyl groups is 2. The highest BCUT2D eigenvalue weighted by Gasteiger charge is 2.49. The molecule has 182 valence electrons. The van der Waals surface area contributed by atoms with E-state index < -0.39 is 6.10 Å². The topological polar surface area (TPSA) is 89.9 Å². The lowest BCUT2D eigenvalue weighted by molar-refractivity contribution is -0.166. The zero-order valence-electron chi connectivity index (χ0n) is 20.5. The van der Waals surface area contributed by atoms with Crippen LogP contribution in [0.4, 0.5) is 0 Å². The molecule has 7 heteroatoms. The summed E-state index contributed by atoms with van der Waals surface area (Å²) in [4.78, 5) is 0. The van der Waals surface area contributed by atoms with Crippen molar-refractivity contribution in [2.45, 2.75) is 95.8 Å². The van der Waals surface area contributed by atoms with Gasteiger partial charge in [-0.3, -0.25) is 0 Å². The van der Waals surface area contributed by atoms with Gasteiger partial charge in [-0.25, -0.2) is 0 Å². The van der Waals surface area contributed by atoms with Crippen LogP contribution < -0.4 is 0 Å². The molecule has 2 aliphatic heterocycles. The third-order valence-corrected chi connectivity index (χ3v) is 6.36. The van der Waals surface area contributed by atoms with E-state index in [9.17, 15) is 5.11 Å². The van der Waals surface area contributed by atoms with Gasteiger partial charge in [-0.15, -0.1) is 0 Å². The molecule has 2 saturated heterocycles. The van der Waals surface area contributed by atoms with Crippen molar-refractivity contribution < 1.29 is 33.9 Å². The van der Waals surface area contributed by atoms with E-state index in [1.807, 2.05) is 25.2 Å². The summed E-state index contributed by atoms with van der Waals surface area (Å²) in [6, 6.07) is 0. The molecule has 9 atom stereocenters. The van der Waals surface area contributed by atoms with Gasteiger partial charge in [0.1, 0.15) is 12.2 Å². The van der Waals surface area contributed by atoms with Gasteiger partial charge in [-0.2, -0.15) is 0 Å². The van der Waals surface area contributed by atoms with Crippen molar-refractivity contribution in [2.24, 2.45) is 5.92 Å². The van der Waals surface area contributed by atoms with Gasteiger partial charge in [0, 0.05) is 40.8 Å². The van der Waals surface area contributed by atoms with Crippen molar-refractivity contribution in [3.05, 3.63) is 23.8 Å². The minimum atomic E-state index is -0.498. The van der Waals surface area contributed by atoms with Gasteiger partial charge in [0.2, 0.25) is 0 Å². The highest BCUT2D eigenvalue weighted by Crippen LogP contribution is 2.36. The second-order valence-electron chi connectivity index (χ2n) is 8.29. The van der Waals surface area contributed by atoms with Crippen molar-refractivity contribution in [1.29, 1.82) is 0 Å². The van der Waals surface area contributed by atoms with Crippen molar-refractivity contribution in [2.75, 3.05) is 28.4 Å². The first kappa shape index (κ1) is 28.2. The molecule has 31 heavy (non-hydrogen) atoms. The highest BCUT2D eigenvalue weighted by atomic mass is 16.6. The summed E-state index contributed by atoms with van der Waals surface area (Å²) in [6.45, 7) is 8.32. The minimum absolute atomic E-state index is 0.0236. The van der Waals surface area contributed by atoms with E-state index in [0.29, 0.717) is 6.42 Å². The van der Waals surface area contributed by atoms with Crippen molar-refractivity contribution in [3.8, 4) is 0 Å². The molecule has 9 unspecified atom stereocenters. The smallest absolute Gasteiger partial charge is 0.111 e. The van der Waals surface area contributed by atoms with Gasteiger partial charge in [-0.05, 0) is 32.3 Å². The molecule has 2 heterocycles. The molecular formula is C24H44O7. The van der Waals surface area contributed by atoms with Crippen LogP contribution in [0, 0.1) is 5.92 Å². The monoisotopic (exact) mass is 444 g/mol. The van der Waals surface area contributed by atoms with Crippen LogP contribution in [-0.4, -0.2) is 87.5 Å². The second-order valence-corrected chi connectivity index (χ2v) is 8.29. The van der Waals surface area contributed by atoms with Crippen LogP contribution in [0.5, 0.6) is 0 Å². The Hall–Kier alpha value is -0.800. The zero-order valence-corrected chi connectivity index (χ0v) is 20.5. The lowest BCUT2D eigenvalue weighted by Crippen LogP contribution is -2.47. The normalized spacial score (nSPS) is 34.1. The van der Waals surface area contributed by atoms with E-state index >= 15 is 0 Å². The molecule has 0 amide bonds. The Bertz CT molecular complexity index is 546. The largest absolute Gasteiger partial charge is 0.400 e. The number of allylic oxidation sites excluding steroid dienone is 2. The molecule has 2 fully saturated rings. The fourth-order valence-electron chi connectivity index (χ4n) is 4.36. The van der Waals surface area contributed by atoms with Gasteiger partial charge in [0.05, 0.1) is 36.6 Å². The predicted octanol–water partition coefficient (Wildman–Crippen LogP) is 2.88.